The highest BCUT2D eigenvalue weighted by Gasteiger charge is 2.26. The summed E-state index contributed by atoms with van der Waals surface area (Å²) < 4.78 is 4.63. The molecule has 1 saturated heterocycles. The Balaban J connectivity index is 2.44. The average molecular weight is 241 g/mol. The SMILES string of the molecule is COC(=O)C1CCN(C(=O)/C=C/C(=O)O)CC1. The van der Waals surface area contributed by atoms with Gasteiger partial charge in [-0.1, -0.05) is 0 Å². The number of ether oxygens (including phenoxy) is 1. The van der Waals surface area contributed by atoms with Gasteiger partial charge in [0, 0.05) is 25.2 Å². The maximum Gasteiger partial charge on any atom is 0.328 e. The molecule has 0 aromatic carbocycles. The lowest BCUT2D eigenvalue weighted by atomic mass is 9.97. The Morgan fingerprint density at radius 3 is 2.29 bits per heavy atom. The molecule has 1 amide bonds. The lowest BCUT2D eigenvalue weighted by Crippen LogP contribution is -2.39. The third kappa shape index (κ3) is 3.90. The van der Waals surface area contributed by atoms with Gasteiger partial charge in [-0.2, -0.15) is 0 Å². The van der Waals surface area contributed by atoms with Crippen molar-refractivity contribution in [1.29, 1.82) is 0 Å². The number of carbonyl (C=O) groups is 3. The number of methoxy groups -OCH3 is 1. The molecule has 0 saturated carbocycles. The molecule has 1 aliphatic rings. The van der Waals surface area contributed by atoms with E-state index in [1.807, 2.05) is 0 Å². The second-order valence-corrected chi connectivity index (χ2v) is 3.79. The quantitative estimate of drug-likeness (QED) is 0.557. The zero-order chi connectivity index (χ0) is 12.8. The van der Waals surface area contributed by atoms with Crippen LogP contribution in [0, 0.1) is 5.92 Å². The van der Waals surface area contributed by atoms with Crippen molar-refractivity contribution in [3.8, 4) is 0 Å². The minimum Gasteiger partial charge on any atom is -0.478 e. The predicted molar refractivity (Wildman–Crippen MR) is 58.1 cm³/mol. The number of amides is 1. The van der Waals surface area contributed by atoms with Gasteiger partial charge in [0.15, 0.2) is 0 Å². The number of likely N-dealkylation sites (tertiary alicyclic amines) is 1. The molecule has 1 aliphatic heterocycles. The van der Waals surface area contributed by atoms with Crippen LogP contribution in [-0.2, 0) is 19.1 Å². The predicted octanol–water partition coefficient (Wildman–Crippen LogP) is 0.0388. The molecule has 94 valence electrons. The maximum atomic E-state index is 11.5. The summed E-state index contributed by atoms with van der Waals surface area (Å²) in [4.78, 5) is 34.5. The zero-order valence-electron chi connectivity index (χ0n) is 9.59. The molecule has 1 fully saturated rings. The van der Waals surface area contributed by atoms with E-state index in [-0.39, 0.29) is 17.8 Å². The van der Waals surface area contributed by atoms with Crippen molar-refractivity contribution in [3.05, 3.63) is 12.2 Å². The molecule has 0 aromatic rings. The van der Waals surface area contributed by atoms with Gasteiger partial charge in [0.25, 0.3) is 0 Å². The Bertz CT molecular complexity index is 342. The highest BCUT2D eigenvalue weighted by atomic mass is 16.5. The molecule has 6 nitrogen and oxygen atoms in total. The molecule has 0 bridgehead atoms. The molecule has 1 heterocycles. The largest absolute Gasteiger partial charge is 0.478 e. The van der Waals surface area contributed by atoms with Crippen LogP contribution in [-0.4, -0.2) is 48.1 Å². The van der Waals surface area contributed by atoms with E-state index in [2.05, 4.69) is 4.74 Å². The van der Waals surface area contributed by atoms with Crippen LogP contribution in [0.2, 0.25) is 0 Å². The van der Waals surface area contributed by atoms with Gasteiger partial charge in [0.2, 0.25) is 5.91 Å². The van der Waals surface area contributed by atoms with E-state index < -0.39 is 5.97 Å². The summed E-state index contributed by atoms with van der Waals surface area (Å²) in [6, 6.07) is 0. The van der Waals surface area contributed by atoms with Gasteiger partial charge in [-0.05, 0) is 12.8 Å². The summed E-state index contributed by atoms with van der Waals surface area (Å²) in [5, 5.41) is 8.39. The monoisotopic (exact) mass is 241 g/mol. The number of nitrogens with zero attached hydrogens (tertiary/aromatic N) is 1. The summed E-state index contributed by atoms with van der Waals surface area (Å²) in [6.07, 6.45) is 2.95. The molecule has 0 atom stereocenters. The normalized spacial score (nSPS) is 17.1. The van der Waals surface area contributed by atoms with Crippen LogP contribution in [0.3, 0.4) is 0 Å². The molecule has 1 N–H and O–H groups in total. The number of rotatable bonds is 3. The first-order chi connectivity index (χ1) is 8.04. The fourth-order valence-electron chi connectivity index (χ4n) is 1.75. The Morgan fingerprint density at radius 2 is 1.82 bits per heavy atom. The fourth-order valence-corrected chi connectivity index (χ4v) is 1.75. The highest BCUT2D eigenvalue weighted by Crippen LogP contribution is 2.18. The molecule has 6 heteroatoms. The molecule has 0 unspecified atom stereocenters. The van der Waals surface area contributed by atoms with Crippen LogP contribution in [0.15, 0.2) is 12.2 Å². The first-order valence-corrected chi connectivity index (χ1v) is 5.32. The Labute approximate surface area is 98.8 Å². The summed E-state index contributed by atoms with van der Waals surface area (Å²) in [5.41, 5.74) is 0. The van der Waals surface area contributed by atoms with Crippen molar-refractivity contribution < 1.29 is 24.2 Å². The molecular formula is C11H15NO5. The van der Waals surface area contributed by atoms with E-state index in [9.17, 15) is 14.4 Å². The number of carboxylic acids is 1. The van der Waals surface area contributed by atoms with Crippen LogP contribution in [0.25, 0.3) is 0 Å². The fraction of sp³-hybridized carbons (Fsp3) is 0.545. The van der Waals surface area contributed by atoms with Gasteiger partial charge in [-0.15, -0.1) is 0 Å². The Morgan fingerprint density at radius 1 is 1.24 bits per heavy atom. The van der Waals surface area contributed by atoms with Gasteiger partial charge in [0.05, 0.1) is 13.0 Å². The van der Waals surface area contributed by atoms with Crippen molar-refractivity contribution in [1.82, 2.24) is 4.90 Å². The van der Waals surface area contributed by atoms with Gasteiger partial charge in [-0.3, -0.25) is 9.59 Å². The molecular weight excluding hydrogens is 226 g/mol. The summed E-state index contributed by atoms with van der Waals surface area (Å²) in [6.45, 7) is 0.894. The molecule has 0 spiro atoms. The number of esters is 1. The van der Waals surface area contributed by atoms with Crippen molar-refractivity contribution >= 4 is 17.8 Å². The van der Waals surface area contributed by atoms with E-state index in [0.29, 0.717) is 25.9 Å². The second-order valence-electron chi connectivity index (χ2n) is 3.79. The van der Waals surface area contributed by atoms with E-state index >= 15 is 0 Å². The maximum absolute atomic E-state index is 11.5. The number of piperidine rings is 1. The lowest BCUT2D eigenvalue weighted by molar-refractivity contribution is -0.148. The molecule has 1 rings (SSSR count). The Kier molecular flexibility index (Phi) is 4.68. The molecule has 0 radical (unpaired) electrons. The van der Waals surface area contributed by atoms with E-state index in [0.717, 1.165) is 12.2 Å². The summed E-state index contributed by atoms with van der Waals surface area (Å²) >= 11 is 0. The van der Waals surface area contributed by atoms with Crippen LogP contribution >= 0.6 is 0 Å². The van der Waals surface area contributed by atoms with Crippen LogP contribution < -0.4 is 0 Å². The minimum atomic E-state index is -1.15. The average Bonchev–Trinajstić information content (AvgIpc) is 2.35. The zero-order valence-corrected chi connectivity index (χ0v) is 9.59. The minimum absolute atomic E-state index is 0.160. The van der Waals surface area contributed by atoms with Crippen LogP contribution in [0.4, 0.5) is 0 Å². The number of carboxylic acid groups (broad SMARTS) is 1. The van der Waals surface area contributed by atoms with Crippen LogP contribution in [0.1, 0.15) is 12.8 Å². The van der Waals surface area contributed by atoms with Gasteiger partial charge >= 0.3 is 11.9 Å². The van der Waals surface area contributed by atoms with Gasteiger partial charge in [-0.25, -0.2) is 4.79 Å². The first-order valence-electron chi connectivity index (χ1n) is 5.32. The summed E-state index contributed by atoms with van der Waals surface area (Å²) in [7, 11) is 1.34. The van der Waals surface area contributed by atoms with Crippen LogP contribution in [0.5, 0.6) is 0 Å². The van der Waals surface area contributed by atoms with Crippen molar-refractivity contribution in [3.63, 3.8) is 0 Å². The lowest BCUT2D eigenvalue weighted by Gasteiger charge is -2.29. The van der Waals surface area contributed by atoms with Gasteiger partial charge in [0.1, 0.15) is 0 Å². The number of hydrogen-bond donors (Lipinski definition) is 1. The van der Waals surface area contributed by atoms with Crippen molar-refractivity contribution in [2.45, 2.75) is 12.8 Å². The number of aliphatic carboxylic acids is 1. The standard InChI is InChI=1S/C11H15NO5/c1-17-11(16)8-4-6-12(7-5-8)9(13)2-3-10(14)15/h2-3,8H,4-7H2,1H3,(H,14,15)/b3-2+. The number of hydrogen-bond acceptors (Lipinski definition) is 4. The van der Waals surface area contributed by atoms with Crippen molar-refractivity contribution in [2.75, 3.05) is 20.2 Å². The third-order valence-corrected chi connectivity index (χ3v) is 2.71. The van der Waals surface area contributed by atoms with E-state index in [4.69, 9.17) is 5.11 Å². The van der Waals surface area contributed by atoms with Gasteiger partial charge < -0.3 is 14.7 Å². The molecule has 0 aromatic heterocycles. The second kappa shape index (κ2) is 6.03. The number of carbonyl (C=O) groups excluding carboxylic acids is 2. The van der Waals surface area contributed by atoms with E-state index in [1.54, 1.807) is 0 Å². The van der Waals surface area contributed by atoms with Crippen molar-refractivity contribution in [2.24, 2.45) is 5.92 Å². The smallest absolute Gasteiger partial charge is 0.328 e. The molecule has 0 aliphatic carbocycles. The Hall–Kier alpha value is -1.85. The topological polar surface area (TPSA) is 83.9 Å². The first kappa shape index (κ1) is 13.2. The molecule has 17 heavy (non-hydrogen) atoms. The van der Waals surface area contributed by atoms with E-state index in [1.165, 1.54) is 12.0 Å². The third-order valence-electron chi connectivity index (χ3n) is 2.71. The summed E-state index contributed by atoms with van der Waals surface area (Å²) in [5.74, 6) is -1.90. The highest BCUT2D eigenvalue weighted by molar-refractivity contribution is 5.94.